The lowest BCUT2D eigenvalue weighted by atomic mass is 10.1. The Balaban J connectivity index is 2.87. The minimum atomic E-state index is -0.0490. The van der Waals surface area contributed by atoms with E-state index in [-0.39, 0.29) is 16.2 Å². The lowest BCUT2D eigenvalue weighted by molar-refractivity contribution is 0.0716. The molecular formula is C16H25Cl2N3O. The molecule has 0 fully saturated rings. The van der Waals surface area contributed by atoms with E-state index in [9.17, 15) is 4.79 Å². The van der Waals surface area contributed by atoms with Crippen LogP contribution in [0.4, 0.5) is 0 Å². The molecule has 1 heterocycles. The Kier molecular flexibility index (Phi) is 8.15. The lowest BCUT2D eigenvalue weighted by Gasteiger charge is -2.28. The Hall–Kier alpha value is -0.840. The molecule has 1 aromatic rings. The highest BCUT2D eigenvalue weighted by molar-refractivity contribution is 6.33. The molecule has 0 aliphatic heterocycles. The highest BCUT2D eigenvalue weighted by Gasteiger charge is 2.18. The van der Waals surface area contributed by atoms with Crippen LogP contribution in [0.1, 0.15) is 38.1 Å². The van der Waals surface area contributed by atoms with E-state index in [0.717, 1.165) is 19.6 Å². The number of carbonyl (C=O) groups is 1. The fourth-order valence-corrected chi connectivity index (χ4v) is 2.75. The monoisotopic (exact) mass is 345 g/mol. The number of rotatable bonds is 8. The van der Waals surface area contributed by atoms with Gasteiger partial charge in [0.1, 0.15) is 10.3 Å². The Morgan fingerprint density at radius 3 is 2.14 bits per heavy atom. The van der Waals surface area contributed by atoms with E-state index in [4.69, 9.17) is 23.2 Å². The van der Waals surface area contributed by atoms with Crippen LogP contribution in [0, 0.1) is 5.92 Å². The molecule has 0 spiro atoms. The van der Waals surface area contributed by atoms with Crippen LogP contribution < -0.4 is 0 Å². The van der Waals surface area contributed by atoms with E-state index in [2.05, 4.69) is 37.6 Å². The van der Waals surface area contributed by atoms with Gasteiger partial charge in [0.25, 0.3) is 5.91 Å². The van der Waals surface area contributed by atoms with E-state index in [0.29, 0.717) is 24.6 Å². The second-order valence-electron chi connectivity index (χ2n) is 5.67. The van der Waals surface area contributed by atoms with E-state index in [1.54, 1.807) is 12.1 Å². The average molecular weight is 346 g/mol. The summed E-state index contributed by atoms with van der Waals surface area (Å²) in [6, 6.07) is 3.14. The van der Waals surface area contributed by atoms with Crippen LogP contribution in [0.5, 0.6) is 0 Å². The smallest absolute Gasteiger partial charge is 0.254 e. The van der Waals surface area contributed by atoms with Crippen LogP contribution in [-0.4, -0.2) is 53.4 Å². The number of likely N-dealkylation sites (N-methyl/N-ethyl adjacent to an activating group) is 1. The summed E-state index contributed by atoms with van der Waals surface area (Å²) in [7, 11) is 0. The molecule has 0 aliphatic carbocycles. The zero-order valence-electron chi connectivity index (χ0n) is 13.8. The van der Waals surface area contributed by atoms with Gasteiger partial charge in [-0.2, -0.15) is 0 Å². The summed E-state index contributed by atoms with van der Waals surface area (Å²) in [6.45, 7) is 12.7. The van der Waals surface area contributed by atoms with Crippen molar-refractivity contribution in [2.45, 2.75) is 27.7 Å². The predicted octanol–water partition coefficient (Wildman–Crippen LogP) is 3.83. The van der Waals surface area contributed by atoms with Gasteiger partial charge in [-0.05, 0) is 31.1 Å². The highest BCUT2D eigenvalue weighted by Crippen LogP contribution is 2.17. The quantitative estimate of drug-likeness (QED) is 0.671. The van der Waals surface area contributed by atoms with Crippen molar-refractivity contribution < 1.29 is 4.79 Å². The molecule has 6 heteroatoms. The van der Waals surface area contributed by atoms with Gasteiger partial charge in [-0.25, -0.2) is 4.98 Å². The Bertz CT molecular complexity index is 470. The van der Waals surface area contributed by atoms with E-state index >= 15 is 0 Å². The van der Waals surface area contributed by atoms with Crippen LogP contribution in [0.25, 0.3) is 0 Å². The van der Waals surface area contributed by atoms with Crippen molar-refractivity contribution in [2.24, 2.45) is 5.92 Å². The summed E-state index contributed by atoms with van der Waals surface area (Å²) in [5, 5.41) is 0.480. The van der Waals surface area contributed by atoms with Crippen molar-refractivity contribution in [3.05, 3.63) is 28.0 Å². The van der Waals surface area contributed by atoms with Gasteiger partial charge in [0.2, 0.25) is 0 Å². The Labute approximate surface area is 143 Å². The molecule has 0 aromatic carbocycles. The van der Waals surface area contributed by atoms with Crippen LogP contribution >= 0.6 is 23.2 Å². The number of amides is 1. The number of hydrogen-bond acceptors (Lipinski definition) is 3. The van der Waals surface area contributed by atoms with Gasteiger partial charge in [0.05, 0.1) is 0 Å². The van der Waals surface area contributed by atoms with Gasteiger partial charge in [0.15, 0.2) is 0 Å². The average Bonchev–Trinajstić information content (AvgIpc) is 2.44. The Morgan fingerprint density at radius 1 is 1.14 bits per heavy atom. The first-order chi connectivity index (χ1) is 10.4. The van der Waals surface area contributed by atoms with Crippen molar-refractivity contribution in [1.82, 2.24) is 14.8 Å². The molecule has 0 unspecified atom stereocenters. The lowest BCUT2D eigenvalue weighted by Crippen LogP contribution is -2.40. The van der Waals surface area contributed by atoms with Gasteiger partial charge >= 0.3 is 0 Å². The second-order valence-corrected chi connectivity index (χ2v) is 6.45. The number of aromatic nitrogens is 1. The molecule has 0 bridgehead atoms. The molecule has 0 N–H and O–H groups in total. The van der Waals surface area contributed by atoms with Crippen LogP contribution in [0.15, 0.2) is 12.1 Å². The minimum Gasteiger partial charge on any atom is -0.337 e. The maximum atomic E-state index is 12.7. The highest BCUT2D eigenvalue weighted by atomic mass is 35.5. The molecule has 0 atom stereocenters. The maximum absolute atomic E-state index is 12.7. The number of pyridine rings is 1. The molecule has 22 heavy (non-hydrogen) atoms. The molecule has 0 radical (unpaired) electrons. The summed E-state index contributed by atoms with van der Waals surface area (Å²) in [4.78, 5) is 20.8. The number of carbonyl (C=O) groups excluding carboxylic acids is 1. The van der Waals surface area contributed by atoms with Crippen LogP contribution in [-0.2, 0) is 0 Å². The zero-order valence-corrected chi connectivity index (χ0v) is 15.3. The Morgan fingerprint density at radius 2 is 1.68 bits per heavy atom. The standard InChI is InChI=1S/C16H25Cl2N3O/c1-5-20(6-2)7-8-21(11-12(3)4)16(22)13-9-14(17)19-15(18)10-13/h9-10,12H,5-8,11H2,1-4H3. The van der Waals surface area contributed by atoms with Gasteiger partial charge in [-0.1, -0.05) is 50.9 Å². The second kappa shape index (κ2) is 9.33. The minimum absolute atomic E-state index is 0.0490. The van der Waals surface area contributed by atoms with Gasteiger partial charge in [-0.3, -0.25) is 4.79 Å². The van der Waals surface area contributed by atoms with E-state index in [1.165, 1.54) is 0 Å². The first-order valence-corrected chi connectivity index (χ1v) is 8.47. The normalized spacial score (nSPS) is 11.3. The fourth-order valence-electron chi connectivity index (χ4n) is 2.29. The van der Waals surface area contributed by atoms with Gasteiger partial charge in [-0.15, -0.1) is 0 Å². The topological polar surface area (TPSA) is 36.4 Å². The first kappa shape index (κ1) is 19.2. The number of halogens is 2. The van der Waals surface area contributed by atoms with Crippen molar-refractivity contribution in [2.75, 3.05) is 32.7 Å². The molecule has 1 aromatic heterocycles. The largest absolute Gasteiger partial charge is 0.337 e. The summed E-state index contributed by atoms with van der Waals surface area (Å²) >= 11 is 11.8. The third-order valence-corrected chi connectivity index (χ3v) is 3.85. The first-order valence-electron chi connectivity index (χ1n) is 7.72. The fraction of sp³-hybridized carbons (Fsp3) is 0.625. The molecule has 1 amide bonds. The molecule has 0 saturated carbocycles. The third kappa shape index (κ3) is 6.11. The molecular weight excluding hydrogens is 321 g/mol. The summed E-state index contributed by atoms with van der Waals surface area (Å²) in [6.07, 6.45) is 0. The van der Waals surface area contributed by atoms with Crippen molar-refractivity contribution in [1.29, 1.82) is 0 Å². The van der Waals surface area contributed by atoms with Crippen LogP contribution in [0.3, 0.4) is 0 Å². The molecule has 124 valence electrons. The zero-order chi connectivity index (χ0) is 16.7. The van der Waals surface area contributed by atoms with Crippen LogP contribution in [0.2, 0.25) is 10.3 Å². The van der Waals surface area contributed by atoms with Crippen molar-refractivity contribution in [3.8, 4) is 0 Å². The summed E-state index contributed by atoms with van der Waals surface area (Å²) < 4.78 is 0. The maximum Gasteiger partial charge on any atom is 0.254 e. The van der Waals surface area contributed by atoms with Gasteiger partial charge in [0, 0.05) is 25.2 Å². The van der Waals surface area contributed by atoms with Crippen molar-refractivity contribution in [3.63, 3.8) is 0 Å². The number of nitrogens with zero attached hydrogens (tertiary/aromatic N) is 3. The van der Waals surface area contributed by atoms with Crippen molar-refractivity contribution >= 4 is 29.1 Å². The van der Waals surface area contributed by atoms with E-state index in [1.807, 2.05) is 4.90 Å². The molecule has 1 rings (SSSR count). The molecule has 0 aliphatic rings. The third-order valence-electron chi connectivity index (χ3n) is 3.46. The summed E-state index contributed by atoms with van der Waals surface area (Å²) in [5.41, 5.74) is 0.491. The van der Waals surface area contributed by atoms with Gasteiger partial charge < -0.3 is 9.80 Å². The summed E-state index contributed by atoms with van der Waals surface area (Å²) in [5.74, 6) is 0.348. The molecule has 0 saturated heterocycles. The van der Waals surface area contributed by atoms with E-state index < -0.39 is 0 Å². The number of hydrogen-bond donors (Lipinski definition) is 0. The SMILES string of the molecule is CCN(CC)CCN(CC(C)C)C(=O)c1cc(Cl)nc(Cl)c1. The predicted molar refractivity (Wildman–Crippen MR) is 92.8 cm³/mol. The molecule has 4 nitrogen and oxygen atoms in total.